The van der Waals surface area contributed by atoms with Crippen molar-refractivity contribution in [3.63, 3.8) is 0 Å². The molecular formula is C42H45Cl2N5O4. The number of rotatable bonds is 7. The molecule has 1 amide bonds. The van der Waals surface area contributed by atoms with Crippen molar-refractivity contribution in [1.29, 1.82) is 0 Å². The van der Waals surface area contributed by atoms with Crippen molar-refractivity contribution in [3.8, 4) is 16.9 Å². The minimum absolute atomic E-state index is 0.113. The standard InChI is InChI=1S/C42H45Cl2N5O4/c1-23-20-28(21-24(2)37(23)44)52-19-11-12-29-30-15-16-32(43)36(35-26(4)45-46(9)27(35)5)38(30)49-25(3)22-48(40(50)39(29)49)34-14-10-13-33-31(34)17-18-47(33)41(51)53-42(6,7)8/h10,13-18,20-21,25H,11-12,19,22H2,1-9H3/t25-/m1/s1. The number of amides is 1. The minimum atomic E-state index is -0.653. The number of anilines is 1. The number of ether oxygens (including phenoxy) is 2. The Morgan fingerprint density at radius 1 is 0.981 bits per heavy atom. The highest BCUT2D eigenvalue weighted by Gasteiger charge is 2.37. The van der Waals surface area contributed by atoms with Gasteiger partial charge >= 0.3 is 6.09 Å². The van der Waals surface area contributed by atoms with E-state index in [-0.39, 0.29) is 11.9 Å². The topological polar surface area (TPSA) is 83.5 Å². The van der Waals surface area contributed by atoms with Gasteiger partial charge in [0.1, 0.15) is 17.0 Å². The van der Waals surface area contributed by atoms with Crippen LogP contribution in [0, 0.1) is 27.7 Å². The first-order valence-corrected chi connectivity index (χ1v) is 18.7. The number of halogens is 2. The summed E-state index contributed by atoms with van der Waals surface area (Å²) in [5.41, 5.74) is 8.92. The fraction of sp³-hybridized carbons (Fsp3) is 0.357. The fourth-order valence-corrected chi connectivity index (χ4v) is 8.15. The summed E-state index contributed by atoms with van der Waals surface area (Å²) in [6.07, 6.45) is 2.51. The molecule has 4 heterocycles. The normalized spacial score (nSPS) is 14.7. The number of aryl methyl sites for hydroxylation is 5. The molecule has 0 fully saturated rings. The van der Waals surface area contributed by atoms with E-state index >= 15 is 4.79 Å². The number of benzene rings is 3. The highest BCUT2D eigenvalue weighted by atomic mass is 35.5. The summed E-state index contributed by atoms with van der Waals surface area (Å²) in [5.74, 6) is 0.658. The van der Waals surface area contributed by atoms with Crippen LogP contribution < -0.4 is 9.64 Å². The Hall–Kier alpha value is -4.73. The second kappa shape index (κ2) is 13.6. The minimum Gasteiger partial charge on any atom is -0.494 e. The summed E-state index contributed by atoms with van der Waals surface area (Å²) in [6.45, 7) is 16.5. The lowest BCUT2D eigenvalue weighted by Crippen LogP contribution is -2.42. The van der Waals surface area contributed by atoms with Gasteiger partial charge in [-0.2, -0.15) is 5.10 Å². The highest BCUT2D eigenvalue weighted by Crippen LogP contribution is 2.45. The number of nitrogens with zero attached hydrogens (tertiary/aromatic N) is 5. The lowest BCUT2D eigenvalue weighted by molar-refractivity contribution is 0.0544. The molecule has 0 unspecified atom stereocenters. The fourth-order valence-electron chi connectivity index (χ4n) is 7.79. The Kier molecular flexibility index (Phi) is 9.40. The SMILES string of the molecule is Cc1cc(OCCCc2c3n(c4c(-c5c(C)nn(C)c5C)c(Cl)ccc24)[C@H](C)CN(c2cccc4c2ccn4C(=O)OC(C)(C)C)C3=O)cc(C)c1Cl. The average molecular weight is 755 g/mol. The summed E-state index contributed by atoms with van der Waals surface area (Å²) in [4.78, 5) is 30.1. The van der Waals surface area contributed by atoms with E-state index in [1.165, 1.54) is 4.57 Å². The molecule has 276 valence electrons. The molecule has 3 aromatic carbocycles. The zero-order chi connectivity index (χ0) is 38.1. The van der Waals surface area contributed by atoms with E-state index in [1.807, 2.05) is 114 Å². The van der Waals surface area contributed by atoms with E-state index in [4.69, 9.17) is 37.8 Å². The van der Waals surface area contributed by atoms with Crippen LogP contribution in [0.25, 0.3) is 32.9 Å². The molecule has 0 spiro atoms. The van der Waals surface area contributed by atoms with Crippen LogP contribution in [0.3, 0.4) is 0 Å². The summed E-state index contributed by atoms with van der Waals surface area (Å²) in [6, 6.07) is 15.3. The van der Waals surface area contributed by atoms with Crippen LogP contribution in [0.5, 0.6) is 5.75 Å². The molecule has 0 saturated heterocycles. The first-order valence-electron chi connectivity index (χ1n) is 18.0. The van der Waals surface area contributed by atoms with Crippen molar-refractivity contribution in [2.24, 2.45) is 7.05 Å². The van der Waals surface area contributed by atoms with Crippen molar-refractivity contribution in [2.75, 3.05) is 18.1 Å². The third-order valence-corrected chi connectivity index (χ3v) is 11.1. The van der Waals surface area contributed by atoms with Crippen LogP contribution in [0.1, 0.15) is 78.7 Å². The predicted octanol–water partition coefficient (Wildman–Crippen LogP) is 10.6. The Bertz CT molecular complexity index is 2420. The number of aromatic nitrogens is 4. The maximum Gasteiger partial charge on any atom is 0.418 e. The van der Waals surface area contributed by atoms with Crippen LogP contribution >= 0.6 is 23.2 Å². The van der Waals surface area contributed by atoms with Crippen LogP contribution in [0.15, 0.2) is 54.7 Å². The van der Waals surface area contributed by atoms with Crippen LogP contribution in [-0.4, -0.2) is 49.7 Å². The molecule has 0 aliphatic carbocycles. The van der Waals surface area contributed by atoms with Crippen LogP contribution in [0.2, 0.25) is 10.0 Å². The van der Waals surface area contributed by atoms with Gasteiger partial charge in [0.15, 0.2) is 0 Å². The number of hydrogen-bond donors (Lipinski definition) is 0. The van der Waals surface area contributed by atoms with E-state index in [2.05, 4.69) is 11.5 Å². The van der Waals surface area contributed by atoms with Crippen LogP contribution in [0.4, 0.5) is 10.5 Å². The zero-order valence-corrected chi connectivity index (χ0v) is 33.2. The largest absolute Gasteiger partial charge is 0.494 e. The van der Waals surface area contributed by atoms with E-state index in [0.29, 0.717) is 42.2 Å². The number of carbonyl (C=O) groups excluding carboxylic acids is 2. The van der Waals surface area contributed by atoms with Crippen LogP contribution in [-0.2, 0) is 18.2 Å². The molecule has 3 aromatic heterocycles. The van der Waals surface area contributed by atoms with E-state index in [1.54, 1.807) is 6.20 Å². The van der Waals surface area contributed by atoms with E-state index < -0.39 is 11.7 Å². The van der Waals surface area contributed by atoms with Gasteiger partial charge in [-0.3, -0.25) is 14.0 Å². The molecule has 6 aromatic rings. The van der Waals surface area contributed by atoms with Crippen molar-refractivity contribution < 1.29 is 19.1 Å². The van der Waals surface area contributed by atoms with Gasteiger partial charge in [0.25, 0.3) is 5.91 Å². The molecule has 11 heteroatoms. The van der Waals surface area contributed by atoms with Gasteiger partial charge in [0.2, 0.25) is 0 Å². The summed E-state index contributed by atoms with van der Waals surface area (Å²) >= 11 is 13.5. The van der Waals surface area contributed by atoms with Gasteiger partial charge in [-0.25, -0.2) is 4.79 Å². The molecule has 0 bridgehead atoms. The third kappa shape index (κ3) is 6.38. The van der Waals surface area contributed by atoms with Gasteiger partial charge < -0.3 is 18.9 Å². The average Bonchev–Trinajstić information content (AvgIpc) is 3.74. The Balaban J connectivity index is 1.35. The lowest BCUT2D eigenvalue weighted by Gasteiger charge is -2.34. The van der Waals surface area contributed by atoms with Gasteiger partial charge in [-0.1, -0.05) is 35.3 Å². The molecule has 9 nitrogen and oxygen atoms in total. The highest BCUT2D eigenvalue weighted by molar-refractivity contribution is 6.35. The molecule has 0 radical (unpaired) electrons. The molecule has 0 N–H and O–H groups in total. The van der Waals surface area contributed by atoms with E-state index in [9.17, 15) is 4.79 Å². The van der Waals surface area contributed by atoms with Gasteiger partial charge in [0, 0.05) is 58.4 Å². The maximum atomic E-state index is 15.1. The molecule has 1 aliphatic heterocycles. The first kappa shape index (κ1) is 36.6. The van der Waals surface area contributed by atoms with Gasteiger partial charge in [-0.15, -0.1) is 0 Å². The van der Waals surface area contributed by atoms with Crippen molar-refractivity contribution in [1.82, 2.24) is 18.9 Å². The van der Waals surface area contributed by atoms with Gasteiger partial charge in [-0.05, 0) is 121 Å². The molecule has 7 rings (SSSR count). The van der Waals surface area contributed by atoms with Gasteiger partial charge in [0.05, 0.1) is 34.0 Å². The summed E-state index contributed by atoms with van der Waals surface area (Å²) in [5, 5.41) is 7.85. The summed E-state index contributed by atoms with van der Waals surface area (Å²) in [7, 11) is 1.93. The predicted molar refractivity (Wildman–Crippen MR) is 213 cm³/mol. The quantitative estimate of drug-likeness (QED) is 0.152. The molecule has 1 atom stereocenters. The van der Waals surface area contributed by atoms with Crippen molar-refractivity contribution in [3.05, 3.63) is 98.5 Å². The molecule has 53 heavy (non-hydrogen) atoms. The maximum absolute atomic E-state index is 15.1. The molecular weight excluding hydrogens is 709 g/mol. The van der Waals surface area contributed by atoms with Crippen molar-refractivity contribution in [2.45, 2.75) is 79.9 Å². The number of hydrogen-bond acceptors (Lipinski definition) is 5. The monoisotopic (exact) mass is 753 g/mol. The Morgan fingerprint density at radius 3 is 2.36 bits per heavy atom. The summed E-state index contributed by atoms with van der Waals surface area (Å²) < 4.78 is 17.5. The lowest BCUT2D eigenvalue weighted by atomic mass is 9.98. The number of fused-ring (bicyclic) bond motifs is 4. The third-order valence-electron chi connectivity index (χ3n) is 10.2. The smallest absolute Gasteiger partial charge is 0.418 e. The Labute approximate surface area is 320 Å². The second-order valence-electron chi connectivity index (χ2n) is 15.1. The second-order valence-corrected chi connectivity index (χ2v) is 15.9. The Morgan fingerprint density at radius 2 is 1.70 bits per heavy atom. The number of carbonyl (C=O) groups is 2. The first-order chi connectivity index (χ1) is 25.1. The van der Waals surface area contributed by atoms with E-state index in [0.717, 1.165) is 72.0 Å². The molecule has 1 aliphatic rings. The van der Waals surface area contributed by atoms with Crippen molar-refractivity contribution >= 4 is 62.7 Å². The molecule has 0 saturated carbocycles. The zero-order valence-electron chi connectivity index (χ0n) is 31.7.